The first-order valence-corrected chi connectivity index (χ1v) is 6.55. The van der Waals surface area contributed by atoms with Crippen LogP contribution in [-0.2, 0) is 0 Å². The summed E-state index contributed by atoms with van der Waals surface area (Å²) in [6.45, 7) is 4.90. The second-order valence-electron chi connectivity index (χ2n) is 4.82. The first-order chi connectivity index (χ1) is 9.15. The summed E-state index contributed by atoms with van der Waals surface area (Å²) < 4.78 is 26.6. The molecule has 0 atom stereocenters. The quantitative estimate of drug-likeness (QED) is 0.520. The predicted molar refractivity (Wildman–Crippen MR) is 69.5 cm³/mol. The van der Waals surface area contributed by atoms with E-state index in [0.717, 1.165) is 38.5 Å². The van der Waals surface area contributed by atoms with Crippen LogP contribution in [0, 0.1) is 17.6 Å². The van der Waals surface area contributed by atoms with Gasteiger partial charge in [-0.25, -0.2) is 8.78 Å². The van der Waals surface area contributed by atoms with Crippen molar-refractivity contribution in [3.8, 4) is 0 Å². The van der Waals surface area contributed by atoms with E-state index in [1.54, 1.807) is 0 Å². The van der Waals surface area contributed by atoms with E-state index < -0.39 is 11.6 Å². The Morgan fingerprint density at radius 2 is 2.05 bits per heavy atom. The molecule has 0 saturated carbocycles. The average Bonchev–Trinajstić information content (AvgIpc) is 2.42. The van der Waals surface area contributed by atoms with Gasteiger partial charge in [0.1, 0.15) is 11.6 Å². The van der Waals surface area contributed by atoms with Gasteiger partial charge in [-0.2, -0.15) is 0 Å². The van der Waals surface area contributed by atoms with Crippen LogP contribution in [0.2, 0.25) is 0 Å². The summed E-state index contributed by atoms with van der Waals surface area (Å²) in [5.74, 6) is -1.28. The summed E-state index contributed by atoms with van der Waals surface area (Å²) in [6.07, 6.45) is 1.65. The number of piperidine rings is 1. The third-order valence-electron chi connectivity index (χ3n) is 3.74. The van der Waals surface area contributed by atoms with Crippen molar-refractivity contribution in [3.63, 3.8) is 0 Å². The molecule has 1 aromatic rings. The van der Waals surface area contributed by atoms with Crippen LogP contribution >= 0.6 is 0 Å². The highest BCUT2D eigenvalue weighted by molar-refractivity contribution is 6.02. The Kier molecular flexibility index (Phi) is 4.47. The summed E-state index contributed by atoms with van der Waals surface area (Å²) in [4.78, 5) is 2.30. The first-order valence-electron chi connectivity index (χ1n) is 6.55. The molecule has 1 heterocycles. The smallest absolute Gasteiger partial charge is 0.135 e. The highest BCUT2D eigenvalue weighted by Gasteiger charge is 2.26. The van der Waals surface area contributed by atoms with Gasteiger partial charge in [-0.05, 0) is 44.6 Å². The maximum absolute atomic E-state index is 13.7. The Labute approximate surface area is 111 Å². The topological polar surface area (TPSA) is 35.8 Å². The molecule has 2 rings (SSSR count). The molecule has 0 aliphatic carbocycles. The zero-order chi connectivity index (χ0) is 13.8. The molecule has 0 bridgehead atoms. The lowest BCUT2D eigenvalue weighted by Gasteiger charge is -2.31. The van der Waals surface area contributed by atoms with Crippen LogP contribution in [-0.4, -0.2) is 35.5 Å². The molecule has 0 aromatic heterocycles. The largest absolute Gasteiger partial charge is 0.411 e. The van der Waals surface area contributed by atoms with Gasteiger partial charge in [-0.3, -0.25) is 0 Å². The zero-order valence-electron chi connectivity index (χ0n) is 10.9. The molecule has 1 N–H and O–H groups in total. The molecule has 0 amide bonds. The van der Waals surface area contributed by atoms with Crippen LogP contribution in [0.5, 0.6) is 0 Å². The predicted octanol–water partition coefficient (Wildman–Crippen LogP) is 2.88. The fraction of sp³-hybridized carbons (Fsp3) is 0.500. The van der Waals surface area contributed by atoms with Gasteiger partial charge in [0.05, 0.1) is 5.71 Å². The number of benzene rings is 1. The van der Waals surface area contributed by atoms with Crippen molar-refractivity contribution in [2.45, 2.75) is 19.8 Å². The van der Waals surface area contributed by atoms with Crippen molar-refractivity contribution in [2.75, 3.05) is 19.6 Å². The van der Waals surface area contributed by atoms with Crippen LogP contribution in [0.15, 0.2) is 23.4 Å². The maximum atomic E-state index is 13.7. The molecule has 5 heteroatoms. The van der Waals surface area contributed by atoms with E-state index in [4.69, 9.17) is 5.21 Å². The molecule has 0 spiro atoms. The van der Waals surface area contributed by atoms with Crippen molar-refractivity contribution in [2.24, 2.45) is 11.1 Å². The summed E-state index contributed by atoms with van der Waals surface area (Å²) in [5, 5.41) is 12.4. The van der Waals surface area contributed by atoms with E-state index in [1.165, 1.54) is 12.1 Å². The van der Waals surface area contributed by atoms with Crippen molar-refractivity contribution >= 4 is 5.71 Å². The number of likely N-dealkylation sites (tertiary alicyclic amines) is 1. The molecule has 1 aliphatic rings. The molecule has 1 aliphatic heterocycles. The number of nitrogens with zero attached hydrogens (tertiary/aromatic N) is 2. The highest BCUT2D eigenvalue weighted by atomic mass is 19.1. The minimum Gasteiger partial charge on any atom is -0.411 e. The van der Waals surface area contributed by atoms with E-state index >= 15 is 0 Å². The Morgan fingerprint density at radius 3 is 2.58 bits per heavy atom. The van der Waals surface area contributed by atoms with Gasteiger partial charge in [0.15, 0.2) is 0 Å². The summed E-state index contributed by atoms with van der Waals surface area (Å²) >= 11 is 0. The maximum Gasteiger partial charge on any atom is 0.135 e. The molecule has 1 fully saturated rings. The van der Waals surface area contributed by atoms with Gasteiger partial charge in [-0.15, -0.1) is 0 Å². The van der Waals surface area contributed by atoms with Crippen LogP contribution < -0.4 is 0 Å². The number of hydrogen-bond acceptors (Lipinski definition) is 3. The molecule has 1 aromatic carbocycles. The minimum absolute atomic E-state index is 0.0211. The number of oxime groups is 1. The summed E-state index contributed by atoms with van der Waals surface area (Å²) in [6, 6.07) is 3.35. The van der Waals surface area contributed by atoms with Crippen LogP contribution in [0.25, 0.3) is 0 Å². The van der Waals surface area contributed by atoms with Gasteiger partial charge in [0.25, 0.3) is 0 Å². The molecular weight excluding hydrogens is 250 g/mol. The highest BCUT2D eigenvalue weighted by Crippen LogP contribution is 2.24. The van der Waals surface area contributed by atoms with E-state index in [1.807, 2.05) is 0 Å². The fourth-order valence-corrected chi connectivity index (χ4v) is 2.58. The molecule has 0 unspecified atom stereocenters. The molecule has 3 nitrogen and oxygen atoms in total. The summed E-state index contributed by atoms with van der Waals surface area (Å²) in [7, 11) is 0. The normalized spacial score (nSPS) is 18.8. The Bertz CT molecular complexity index is 469. The van der Waals surface area contributed by atoms with E-state index in [2.05, 4.69) is 17.0 Å². The van der Waals surface area contributed by atoms with Gasteiger partial charge < -0.3 is 10.1 Å². The lowest BCUT2D eigenvalue weighted by atomic mass is 9.88. The Hall–Kier alpha value is -1.49. The minimum atomic E-state index is -0.675. The third-order valence-corrected chi connectivity index (χ3v) is 3.74. The van der Waals surface area contributed by atoms with E-state index in [-0.39, 0.29) is 11.5 Å². The molecule has 19 heavy (non-hydrogen) atoms. The van der Waals surface area contributed by atoms with E-state index in [9.17, 15) is 8.78 Å². The van der Waals surface area contributed by atoms with Crippen molar-refractivity contribution in [1.82, 2.24) is 4.90 Å². The van der Waals surface area contributed by atoms with Gasteiger partial charge in [-0.1, -0.05) is 12.1 Å². The second kappa shape index (κ2) is 6.10. The second-order valence-corrected chi connectivity index (χ2v) is 4.82. The van der Waals surface area contributed by atoms with Crippen molar-refractivity contribution < 1.29 is 14.0 Å². The Morgan fingerprint density at radius 1 is 1.37 bits per heavy atom. The van der Waals surface area contributed by atoms with Gasteiger partial charge >= 0.3 is 0 Å². The van der Waals surface area contributed by atoms with Crippen molar-refractivity contribution in [1.29, 1.82) is 0 Å². The van der Waals surface area contributed by atoms with Crippen molar-refractivity contribution in [3.05, 3.63) is 35.4 Å². The Balaban J connectivity index is 2.17. The monoisotopic (exact) mass is 268 g/mol. The van der Waals surface area contributed by atoms with Crippen LogP contribution in [0.3, 0.4) is 0 Å². The number of rotatable bonds is 3. The van der Waals surface area contributed by atoms with E-state index in [0.29, 0.717) is 5.71 Å². The first kappa shape index (κ1) is 13.9. The number of halogens is 2. The lowest BCUT2D eigenvalue weighted by Crippen LogP contribution is -2.36. The van der Waals surface area contributed by atoms with Crippen LogP contribution in [0.1, 0.15) is 25.3 Å². The SMILES string of the molecule is CCN1CCC(/C(=N/O)c2ccc(F)cc2F)CC1. The standard InChI is InChI=1S/C14H18F2N2O/c1-2-18-7-5-10(6-8-18)14(17-19)12-4-3-11(15)9-13(12)16/h3-4,9-10,19H,2,5-8H2,1H3/b17-14-. The molecule has 0 radical (unpaired) electrons. The van der Waals surface area contributed by atoms with Gasteiger partial charge in [0.2, 0.25) is 0 Å². The molecule has 104 valence electrons. The van der Waals surface area contributed by atoms with Gasteiger partial charge in [0, 0.05) is 17.5 Å². The zero-order valence-corrected chi connectivity index (χ0v) is 10.9. The third kappa shape index (κ3) is 3.10. The fourth-order valence-electron chi connectivity index (χ4n) is 2.58. The summed E-state index contributed by atoms with van der Waals surface area (Å²) in [5.41, 5.74) is 0.520. The van der Waals surface area contributed by atoms with Crippen LogP contribution in [0.4, 0.5) is 8.78 Å². The lowest BCUT2D eigenvalue weighted by molar-refractivity contribution is 0.216. The molecule has 1 saturated heterocycles. The molecular formula is C14H18F2N2O. The average molecular weight is 268 g/mol. The number of hydrogen-bond donors (Lipinski definition) is 1.